The van der Waals surface area contributed by atoms with E-state index in [2.05, 4.69) is 19.7 Å². The van der Waals surface area contributed by atoms with Gasteiger partial charge < -0.3 is 10.5 Å². The Kier molecular flexibility index (Phi) is 9.05. The van der Waals surface area contributed by atoms with Crippen molar-refractivity contribution in [3.05, 3.63) is 101 Å². The van der Waals surface area contributed by atoms with Crippen LogP contribution in [-0.4, -0.2) is 30.7 Å². The van der Waals surface area contributed by atoms with Crippen LogP contribution in [0.15, 0.2) is 67.1 Å². The molecule has 1 atom stereocenters. The van der Waals surface area contributed by atoms with Crippen LogP contribution in [0.4, 0.5) is 20.3 Å². The summed E-state index contributed by atoms with van der Waals surface area (Å²) in [6.45, 7) is 4.00. The summed E-state index contributed by atoms with van der Waals surface area (Å²) in [6, 6.07) is 12.2. The monoisotopic (exact) mass is 562 g/mol. The molecule has 1 aliphatic carbocycles. The molecule has 4 aromatic rings. The van der Waals surface area contributed by atoms with E-state index in [-0.39, 0.29) is 22.8 Å². The lowest BCUT2D eigenvalue weighted by Gasteiger charge is -2.13. The fraction of sp³-hybridized carbons (Fsp3) is 0.207. The molecule has 2 aromatic heterocycles. The van der Waals surface area contributed by atoms with Crippen LogP contribution in [0.5, 0.6) is 0 Å². The molecule has 1 fully saturated rings. The number of benzene rings is 2. The number of nitrogen functional groups attached to an aromatic ring is 1. The molecule has 0 saturated heterocycles. The molecule has 2 heterocycles. The number of carbonyl (C=O) groups excluding carboxylic acids is 1. The number of anilines is 2. The number of nitrogens with zero attached hydrogens (tertiary/aromatic N) is 3. The molecule has 1 aliphatic rings. The standard InChI is InChI=1S/C27H22F2N6O2S.C2H6/c28-20-8-9-21(35-38(37)14-15-4-2-1-3-5-15)23(29)22(20)25(36)24(30)19-10-17(11-32-26(19)31)18-12-33-27(34-13-18)16-6-7-16;1-2/h1-5,8-13,16,30,35H,6-7,14H2,(H2,31,32);1-2H3. The molecule has 4 N–H and O–H groups in total. The van der Waals surface area contributed by atoms with Crippen molar-refractivity contribution in [2.75, 3.05) is 10.5 Å². The predicted molar refractivity (Wildman–Crippen MR) is 152 cm³/mol. The maximum atomic E-state index is 15.3. The Morgan fingerprint density at radius 2 is 1.68 bits per heavy atom. The quantitative estimate of drug-likeness (QED) is 0.174. The molecule has 1 saturated carbocycles. The van der Waals surface area contributed by atoms with Gasteiger partial charge in [-0.2, -0.15) is 0 Å². The van der Waals surface area contributed by atoms with Crippen molar-refractivity contribution in [3.8, 4) is 11.1 Å². The predicted octanol–water partition coefficient (Wildman–Crippen LogP) is 5.83. The number of aromatic nitrogens is 3. The highest BCUT2D eigenvalue weighted by molar-refractivity contribution is 7.85. The molecule has 8 nitrogen and oxygen atoms in total. The summed E-state index contributed by atoms with van der Waals surface area (Å²) in [7, 11) is -1.76. The van der Waals surface area contributed by atoms with E-state index in [0.717, 1.165) is 36.4 Å². The third-order valence-electron chi connectivity index (χ3n) is 6.05. The molecule has 206 valence electrons. The van der Waals surface area contributed by atoms with Crippen LogP contribution in [0.1, 0.15) is 59.9 Å². The van der Waals surface area contributed by atoms with Gasteiger partial charge in [-0.3, -0.25) is 10.2 Å². The fourth-order valence-corrected chi connectivity index (χ4v) is 4.81. The highest BCUT2D eigenvalue weighted by Gasteiger charge is 2.28. The van der Waals surface area contributed by atoms with Crippen LogP contribution in [0.25, 0.3) is 11.1 Å². The number of nitrogens with two attached hydrogens (primary N) is 1. The first-order chi connectivity index (χ1) is 19.3. The van der Waals surface area contributed by atoms with Gasteiger partial charge in [0.2, 0.25) is 5.78 Å². The van der Waals surface area contributed by atoms with Crippen LogP contribution in [0.2, 0.25) is 0 Å². The van der Waals surface area contributed by atoms with E-state index in [1.165, 1.54) is 12.3 Å². The Morgan fingerprint density at radius 1 is 1.02 bits per heavy atom. The van der Waals surface area contributed by atoms with Crippen LogP contribution < -0.4 is 10.5 Å². The molecule has 0 spiro atoms. The summed E-state index contributed by atoms with van der Waals surface area (Å²) in [5, 5.41) is 8.41. The normalized spacial score (nSPS) is 13.1. The zero-order chi connectivity index (χ0) is 28.8. The molecule has 0 radical (unpaired) electrons. The summed E-state index contributed by atoms with van der Waals surface area (Å²) in [6.07, 6.45) is 6.79. The largest absolute Gasteiger partial charge is 0.383 e. The Labute approximate surface area is 233 Å². The Balaban J connectivity index is 0.00000181. The van der Waals surface area contributed by atoms with Crippen LogP contribution in [0, 0.1) is 17.0 Å². The lowest BCUT2D eigenvalue weighted by molar-refractivity contribution is 0.105. The molecular weight excluding hydrogens is 534 g/mol. The van der Waals surface area contributed by atoms with E-state index in [1.807, 2.05) is 19.9 Å². The summed E-state index contributed by atoms with van der Waals surface area (Å²) < 4.78 is 45.0. The van der Waals surface area contributed by atoms with Gasteiger partial charge in [0.15, 0.2) is 5.82 Å². The van der Waals surface area contributed by atoms with Crippen molar-refractivity contribution in [2.24, 2.45) is 0 Å². The summed E-state index contributed by atoms with van der Waals surface area (Å²) in [4.78, 5) is 25.9. The van der Waals surface area contributed by atoms with E-state index >= 15 is 4.39 Å². The average molecular weight is 563 g/mol. The summed E-state index contributed by atoms with van der Waals surface area (Å²) in [5.74, 6) is -2.61. The molecule has 0 aliphatic heterocycles. The van der Waals surface area contributed by atoms with Gasteiger partial charge in [0.25, 0.3) is 0 Å². The molecule has 0 amide bonds. The lowest BCUT2D eigenvalue weighted by atomic mass is 9.98. The van der Waals surface area contributed by atoms with Gasteiger partial charge in [0.1, 0.15) is 34.2 Å². The third-order valence-corrected chi connectivity index (χ3v) is 7.09. The first-order valence-corrected chi connectivity index (χ1v) is 14.0. The number of ketones is 1. The number of rotatable bonds is 9. The average Bonchev–Trinajstić information content (AvgIpc) is 3.82. The summed E-state index contributed by atoms with van der Waals surface area (Å²) in [5.41, 5.74) is 5.62. The minimum atomic E-state index is -1.76. The molecule has 0 bridgehead atoms. The second kappa shape index (κ2) is 12.6. The van der Waals surface area contributed by atoms with Gasteiger partial charge in [-0.1, -0.05) is 44.2 Å². The second-order valence-electron chi connectivity index (χ2n) is 8.83. The number of halogens is 2. The van der Waals surface area contributed by atoms with E-state index in [9.17, 15) is 13.4 Å². The lowest BCUT2D eigenvalue weighted by Crippen LogP contribution is -2.21. The molecule has 5 rings (SSSR count). The highest BCUT2D eigenvalue weighted by Crippen LogP contribution is 2.38. The molecule has 1 unspecified atom stereocenters. The molecule has 40 heavy (non-hydrogen) atoms. The topological polar surface area (TPSA) is 135 Å². The van der Waals surface area contributed by atoms with Crippen molar-refractivity contribution in [1.29, 1.82) is 5.41 Å². The number of hydrogen-bond donors (Lipinski definition) is 3. The first kappa shape index (κ1) is 28.6. The maximum absolute atomic E-state index is 15.3. The fourth-order valence-electron chi connectivity index (χ4n) is 3.84. The molecular formula is C29H28F2N6O2S. The van der Waals surface area contributed by atoms with E-state index in [0.29, 0.717) is 17.0 Å². The van der Waals surface area contributed by atoms with Crippen molar-refractivity contribution in [1.82, 2.24) is 15.0 Å². The minimum Gasteiger partial charge on any atom is -0.383 e. The van der Waals surface area contributed by atoms with E-state index in [1.54, 1.807) is 36.7 Å². The van der Waals surface area contributed by atoms with Gasteiger partial charge in [-0.25, -0.2) is 27.9 Å². The number of nitrogens with one attached hydrogen (secondary N) is 2. The van der Waals surface area contributed by atoms with Crippen molar-refractivity contribution in [2.45, 2.75) is 38.4 Å². The second-order valence-corrected chi connectivity index (χ2v) is 10.0. The van der Waals surface area contributed by atoms with Gasteiger partial charge in [-0.05, 0) is 36.6 Å². The zero-order valence-electron chi connectivity index (χ0n) is 21.9. The third kappa shape index (κ3) is 6.42. The van der Waals surface area contributed by atoms with Gasteiger partial charge >= 0.3 is 0 Å². The summed E-state index contributed by atoms with van der Waals surface area (Å²) >= 11 is 0. The van der Waals surface area contributed by atoms with Crippen LogP contribution in [-0.2, 0) is 16.7 Å². The number of hydrogen-bond acceptors (Lipinski definition) is 7. The Morgan fingerprint density at radius 3 is 2.33 bits per heavy atom. The van der Waals surface area contributed by atoms with Crippen molar-refractivity contribution >= 4 is 34.0 Å². The molecule has 2 aromatic carbocycles. The van der Waals surface area contributed by atoms with Crippen LogP contribution >= 0.6 is 0 Å². The SMILES string of the molecule is CC.N=C(C(=O)c1c(F)ccc(NS(=O)Cc2ccccc2)c1F)c1cc(-c2cnc(C3CC3)nc2)cnc1N. The van der Waals surface area contributed by atoms with Crippen molar-refractivity contribution in [3.63, 3.8) is 0 Å². The first-order valence-electron chi connectivity index (χ1n) is 12.7. The molecule has 11 heteroatoms. The number of Topliss-reactive ketones (excluding diaryl/α,β-unsaturated/α-hetero) is 1. The Bertz CT molecular complexity index is 1560. The maximum Gasteiger partial charge on any atom is 0.217 e. The zero-order valence-corrected chi connectivity index (χ0v) is 22.8. The van der Waals surface area contributed by atoms with Crippen molar-refractivity contribution < 1.29 is 17.8 Å². The van der Waals surface area contributed by atoms with E-state index < -0.39 is 39.7 Å². The highest BCUT2D eigenvalue weighted by atomic mass is 32.2. The van der Waals surface area contributed by atoms with E-state index in [4.69, 9.17) is 11.1 Å². The Hall–Kier alpha value is -4.38. The van der Waals surface area contributed by atoms with Gasteiger partial charge in [0.05, 0.1) is 17.0 Å². The smallest absolute Gasteiger partial charge is 0.217 e. The number of carbonyl (C=O) groups is 1. The van der Waals surface area contributed by atoms with Gasteiger partial charge in [0, 0.05) is 41.2 Å². The van der Waals surface area contributed by atoms with Gasteiger partial charge in [-0.15, -0.1) is 0 Å². The number of pyridine rings is 1. The van der Waals surface area contributed by atoms with Crippen LogP contribution in [0.3, 0.4) is 0 Å². The minimum absolute atomic E-state index is 0.0666.